The fourth-order valence-electron chi connectivity index (χ4n) is 3.83. The molecule has 10 nitrogen and oxygen atoms in total. The zero-order chi connectivity index (χ0) is 21.0. The van der Waals surface area contributed by atoms with Crippen molar-refractivity contribution in [1.82, 2.24) is 14.6 Å². The van der Waals surface area contributed by atoms with Crippen LogP contribution in [0.25, 0.3) is 5.52 Å². The highest BCUT2D eigenvalue weighted by molar-refractivity contribution is 7.53. The first-order chi connectivity index (χ1) is 13.6. The maximum Gasteiger partial charge on any atom is 0.356 e. The minimum atomic E-state index is -3.77. The Balaban J connectivity index is 1.82. The molecule has 0 radical (unpaired) electrons. The molecule has 2 aromatic heterocycles. The molecule has 2 fully saturated rings. The van der Waals surface area contributed by atoms with Crippen molar-refractivity contribution in [1.29, 1.82) is 5.26 Å². The van der Waals surface area contributed by atoms with Gasteiger partial charge < -0.3 is 19.7 Å². The number of ether oxygens (including phenoxy) is 2. The number of nitrogen functional groups attached to an aromatic ring is 1. The van der Waals surface area contributed by atoms with Crippen LogP contribution in [0.15, 0.2) is 18.5 Å². The summed E-state index contributed by atoms with van der Waals surface area (Å²) in [4.78, 5) is 3.89. The molecule has 0 aromatic carbocycles. The van der Waals surface area contributed by atoms with Crippen molar-refractivity contribution in [3.63, 3.8) is 0 Å². The van der Waals surface area contributed by atoms with Gasteiger partial charge in [-0.1, -0.05) is 0 Å². The molecule has 0 spiro atoms. The molecule has 29 heavy (non-hydrogen) atoms. The first-order valence-electron chi connectivity index (χ1n) is 9.04. The number of halogens is 1. The van der Waals surface area contributed by atoms with E-state index in [1.165, 1.54) is 23.8 Å². The summed E-state index contributed by atoms with van der Waals surface area (Å²) in [6, 6.07) is 5.01. The molecule has 2 aliphatic rings. The number of nitrogens with two attached hydrogens (primary N) is 1. The molecule has 4 rings (SSSR count). The van der Waals surface area contributed by atoms with Crippen molar-refractivity contribution in [3.05, 3.63) is 24.2 Å². The van der Waals surface area contributed by atoms with Crippen LogP contribution in [-0.2, 0) is 28.7 Å². The van der Waals surface area contributed by atoms with Gasteiger partial charge >= 0.3 is 7.60 Å². The molecule has 156 valence electrons. The maximum absolute atomic E-state index is 16.3. The van der Waals surface area contributed by atoms with Crippen LogP contribution in [0.4, 0.5) is 10.2 Å². The fourth-order valence-corrected chi connectivity index (χ4v) is 5.65. The Morgan fingerprint density at radius 1 is 1.52 bits per heavy atom. The van der Waals surface area contributed by atoms with Gasteiger partial charge in [-0.3, -0.25) is 9.09 Å². The molecule has 0 aliphatic carbocycles. The summed E-state index contributed by atoms with van der Waals surface area (Å²) >= 11 is 0. The third kappa shape index (κ3) is 2.95. The lowest BCUT2D eigenvalue weighted by Gasteiger charge is -2.33. The Labute approximate surface area is 166 Å². The van der Waals surface area contributed by atoms with Crippen molar-refractivity contribution in [2.45, 2.75) is 50.4 Å². The van der Waals surface area contributed by atoms with Gasteiger partial charge in [0.25, 0.3) is 0 Å². The van der Waals surface area contributed by atoms with Gasteiger partial charge in [-0.15, -0.1) is 0 Å². The highest BCUT2D eigenvalue weighted by Crippen LogP contribution is 2.59. The molecule has 12 heteroatoms. The Hall–Kier alpha value is -2.09. The number of alkyl halides is 1. The second-order valence-electron chi connectivity index (χ2n) is 7.48. The number of nitriles is 1. The predicted molar refractivity (Wildman–Crippen MR) is 98.6 cm³/mol. The lowest BCUT2D eigenvalue weighted by molar-refractivity contribution is -0.0780. The largest absolute Gasteiger partial charge is 0.382 e. The zero-order valence-electron chi connectivity index (χ0n) is 16.1. The monoisotopic (exact) mass is 425 g/mol. The van der Waals surface area contributed by atoms with Crippen molar-refractivity contribution in [2.24, 2.45) is 0 Å². The topological polar surface area (TPSA) is 134 Å². The van der Waals surface area contributed by atoms with Crippen molar-refractivity contribution in [3.8, 4) is 6.07 Å². The molecular formula is C17H21FN5O5P. The molecule has 2 aromatic rings. The summed E-state index contributed by atoms with van der Waals surface area (Å²) in [5.41, 5.74) is 1.84. The second kappa shape index (κ2) is 6.72. The van der Waals surface area contributed by atoms with Crippen LogP contribution in [0.1, 0.15) is 26.5 Å². The minimum absolute atomic E-state index is 0.112. The van der Waals surface area contributed by atoms with E-state index in [4.69, 9.17) is 24.3 Å². The van der Waals surface area contributed by atoms with Crippen LogP contribution in [0.2, 0.25) is 0 Å². The number of rotatable bonds is 3. The van der Waals surface area contributed by atoms with Crippen LogP contribution in [0, 0.1) is 11.3 Å². The van der Waals surface area contributed by atoms with Crippen LogP contribution in [0.5, 0.6) is 0 Å². The first-order valence-corrected chi connectivity index (χ1v) is 10.8. The average molecular weight is 425 g/mol. The van der Waals surface area contributed by atoms with Gasteiger partial charge in [-0.05, 0) is 32.9 Å². The quantitative estimate of drug-likeness (QED) is 0.734. The molecule has 2 N–H and O–H groups in total. The molecule has 2 aliphatic heterocycles. The average Bonchev–Trinajstić information content (AvgIpc) is 3.09. The summed E-state index contributed by atoms with van der Waals surface area (Å²) in [5, 5.41) is 14.1. The van der Waals surface area contributed by atoms with E-state index in [0.717, 1.165) is 0 Å². The number of hydrogen-bond donors (Lipinski definition) is 1. The van der Waals surface area contributed by atoms with E-state index < -0.39 is 37.2 Å². The van der Waals surface area contributed by atoms with Gasteiger partial charge in [0.1, 0.15) is 36.5 Å². The third-order valence-electron chi connectivity index (χ3n) is 5.07. The Morgan fingerprint density at radius 3 is 2.97 bits per heavy atom. The molecule has 0 saturated carbocycles. The van der Waals surface area contributed by atoms with Crippen LogP contribution >= 0.6 is 7.60 Å². The Bertz CT molecular complexity index is 1040. The van der Waals surface area contributed by atoms with Gasteiger partial charge in [-0.2, -0.15) is 10.4 Å². The van der Waals surface area contributed by atoms with E-state index in [9.17, 15) is 9.83 Å². The second-order valence-corrected chi connectivity index (χ2v) is 9.38. The van der Waals surface area contributed by atoms with E-state index in [1.54, 1.807) is 19.9 Å². The molecule has 0 amide bonds. The van der Waals surface area contributed by atoms with E-state index in [0.29, 0.717) is 5.52 Å². The summed E-state index contributed by atoms with van der Waals surface area (Å²) in [7, 11) is -3.77. The van der Waals surface area contributed by atoms with Gasteiger partial charge in [0.05, 0.1) is 18.4 Å². The van der Waals surface area contributed by atoms with Crippen molar-refractivity contribution in [2.75, 3.05) is 18.7 Å². The molecule has 1 unspecified atom stereocenters. The molecule has 5 atom stereocenters. The molecular weight excluding hydrogens is 404 g/mol. The SMILES string of the molecule is CC(C)OP1(=O)COC[C@H]2O[C@@](C#N)(c3ccc4c(N)ncnn34)[C@](C)(F)[C@@H]2O1. The number of aromatic nitrogens is 3. The lowest BCUT2D eigenvalue weighted by Crippen LogP contribution is -2.49. The fraction of sp³-hybridized carbons (Fsp3) is 0.588. The Kier molecular flexibility index (Phi) is 4.68. The van der Waals surface area contributed by atoms with Gasteiger partial charge in [0, 0.05) is 0 Å². The van der Waals surface area contributed by atoms with Gasteiger partial charge in [-0.25, -0.2) is 13.9 Å². The highest BCUT2D eigenvalue weighted by atomic mass is 31.2. The Morgan fingerprint density at radius 2 is 2.28 bits per heavy atom. The van der Waals surface area contributed by atoms with Crippen LogP contribution in [0.3, 0.4) is 0 Å². The van der Waals surface area contributed by atoms with E-state index in [2.05, 4.69) is 10.1 Å². The standard InChI is InChI=1S/C17H21FN5O5P/c1-10(2)27-29(24)9-25-6-12-14(28-29)16(3,18)17(7-19,26-12)13-5-4-11-15(20)21-8-22-23(11)13/h4-5,8,10,12,14H,6,9H2,1-3H3,(H2,20,21,22)/t12-,14-,16-,17+,29?/m1/s1. The first kappa shape index (κ1) is 20.2. The number of nitrogens with zero attached hydrogens (tertiary/aromatic N) is 4. The predicted octanol–water partition coefficient (Wildman–Crippen LogP) is 2.15. The summed E-state index contributed by atoms with van der Waals surface area (Å²) < 4.78 is 53.0. The maximum atomic E-state index is 16.3. The molecule has 4 heterocycles. The normalized spacial score (nSPS) is 37.4. The van der Waals surface area contributed by atoms with E-state index >= 15 is 4.39 Å². The zero-order valence-corrected chi connectivity index (χ0v) is 17.0. The van der Waals surface area contributed by atoms with Gasteiger partial charge in [0.15, 0.2) is 11.5 Å². The summed E-state index contributed by atoms with van der Waals surface area (Å²) in [5.74, 6) is 0.168. The molecule has 0 bridgehead atoms. The van der Waals surface area contributed by atoms with Crippen molar-refractivity contribution >= 4 is 18.9 Å². The highest BCUT2D eigenvalue weighted by Gasteiger charge is 2.69. The smallest absolute Gasteiger partial charge is 0.356 e. The minimum Gasteiger partial charge on any atom is -0.382 e. The third-order valence-corrected chi connectivity index (χ3v) is 6.86. The van der Waals surface area contributed by atoms with Crippen LogP contribution < -0.4 is 5.73 Å². The van der Waals surface area contributed by atoms with Gasteiger partial charge in [0.2, 0.25) is 5.60 Å². The summed E-state index contributed by atoms with van der Waals surface area (Å²) in [6.45, 7) is 4.43. The number of hydrogen-bond acceptors (Lipinski definition) is 9. The number of anilines is 1. The van der Waals surface area contributed by atoms with E-state index in [-0.39, 0.29) is 24.5 Å². The summed E-state index contributed by atoms with van der Waals surface area (Å²) in [6.07, 6.45) is -1.90. The van der Waals surface area contributed by atoms with E-state index in [1.807, 2.05) is 6.07 Å². The lowest BCUT2D eigenvalue weighted by atomic mass is 9.82. The molecule has 2 saturated heterocycles. The van der Waals surface area contributed by atoms with Crippen LogP contribution in [-0.4, -0.2) is 51.5 Å². The number of fused-ring (bicyclic) bond motifs is 2. The van der Waals surface area contributed by atoms with Crippen molar-refractivity contribution < 1.29 is 27.5 Å².